The van der Waals surface area contributed by atoms with Crippen LogP contribution in [-0.2, 0) is 11.2 Å². The van der Waals surface area contributed by atoms with Gasteiger partial charge in [-0.15, -0.1) is 0 Å². The molecule has 1 saturated heterocycles. The molecule has 4 rings (SSSR count). The van der Waals surface area contributed by atoms with Gasteiger partial charge in [0.1, 0.15) is 5.82 Å². The van der Waals surface area contributed by atoms with E-state index in [0.717, 1.165) is 54.6 Å². The number of carbonyl (C=O) groups excluding carboxylic acids is 1. The molecule has 166 valence electrons. The number of benzene rings is 2. The molecule has 5 nitrogen and oxygen atoms in total. The lowest BCUT2D eigenvalue weighted by Crippen LogP contribution is -2.31. The number of aryl methyl sites for hydroxylation is 1. The number of carbonyl (C=O) groups is 1. The maximum absolute atomic E-state index is 13.2. The molecule has 32 heavy (non-hydrogen) atoms. The van der Waals surface area contributed by atoms with Gasteiger partial charge >= 0.3 is 0 Å². The smallest absolute Gasteiger partial charge is 0.225 e. The van der Waals surface area contributed by atoms with E-state index in [9.17, 15) is 9.18 Å². The monoisotopic (exact) mass is 432 g/mol. The van der Waals surface area contributed by atoms with Crippen molar-refractivity contribution in [2.45, 2.75) is 38.1 Å². The summed E-state index contributed by atoms with van der Waals surface area (Å²) in [5, 5.41) is 0. The maximum Gasteiger partial charge on any atom is 0.225 e. The Balaban J connectivity index is 1.53. The topological polar surface area (TPSA) is 49.3 Å². The minimum absolute atomic E-state index is 0.0507. The van der Waals surface area contributed by atoms with Crippen LogP contribution in [0.1, 0.15) is 43.0 Å². The van der Waals surface area contributed by atoms with Crippen molar-refractivity contribution in [3.05, 3.63) is 77.9 Å². The molecule has 1 fully saturated rings. The minimum atomic E-state index is -0.235. The van der Waals surface area contributed by atoms with Gasteiger partial charge in [-0.3, -0.25) is 4.79 Å². The Morgan fingerprint density at radius 1 is 1.12 bits per heavy atom. The van der Waals surface area contributed by atoms with Crippen LogP contribution in [0.3, 0.4) is 0 Å². The summed E-state index contributed by atoms with van der Waals surface area (Å²) in [5.41, 5.74) is 4.00. The van der Waals surface area contributed by atoms with E-state index in [-0.39, 0.29) is 17.8 Å². The summed E-state index contributed by atoms with van der Waals surface area (Å²) in [5.74, 6) is 0.565. The molecule has 1 atom stereocenters. The third-order valence-electron chi connectivity index (χ3n) is 5.95. The van der Waals surface area contributed by atoms with E-state index in [2.05, 4.69) is 17.1 Å². The fourth-order valence-corrected chi connectivity index (χ4v) is 4.28. The molecule has 2 heterocycles. The van der Waals surface area contributed by atoms with Gasteiger partial charge in [-0.1, -0.05) is 42.5 Å². The van der Waals surface area contributed by atoms with Gasteiger partial charge in [0, 0.05) is 38.8 Å². The number of nitrogens with zero attached hydrogens (tertiary/aromatic N) is 4. The highest BCUT2D eigenvalue weighted by molar-refractivity contribution is 5.78. The van der Waals surface area contributed by atoms with Gasteiger partial charge in [0.2, 0.25) is 11.9 Å². The van der Waals surface area contributed by atoms with E-state index < -0.39 is 0 Å². The lowest BCUT2D eigenvalue weighted by molar-refractivity contribution is -0.132. The molecule has 1 aliphatic rings. The number of rotatable bonds is 7. The van der Waals surface area contributed by atoms with Gasteiger partial charge in [0.25, 0.3) is 0 Å². The molecular formula is C26H29FN4O. The molecule has 0 N–H and O–H groups in total. The molecule has 0 spiro atoms. The highest BCUT2D eigenvalue weighted by atomic mass is 19.1. The predicted molar refractivity (Wildman–Crippen MR) is 125 cm³/mol. The van der Waals surface area contributed by atoms with Crippen LogP contribution in [0, 0.1) is 5.82 Å². The Morgan fingerprint density at radius 3 is 2.59 bits per heavy atom. The van der Waals surface area contributed by atoms with Crippen molar-refractivity contribution in [1.82, 2.24) is 14.9 Å². The van der Waals surface area contributed by atoms with Crippen LogP contribution in [0.2, 0.25) is 0 Å². The summed E-state index contributed by atoms with van der Waals surface area (Å²) < 4.78 is 13.1. The molecule has 1 aliphatic heterocycles. The SMILES string of the molecule is CN(C)c1ncc(-c2ccccc2)c(C2CCCN2C(=O)CCCc2ccc(F)cc2)n1. The van der Waals surface area contributed by atoms with E-state index in [1.807, 2.05) is 48.3 Å². The number of halogens is 1. The summed E-state index contributed by atoms with van der Waals surface area (Å²) in [6.45, 7) is 0.746. The molecule has 1 unspecified atom stereocenters. The number of likely N-dealkylation sites (tertiary alicyclic amines) is 1. The van der Waals surface area contributed by atoms with Gasteiger partial charge in [-0.2, -0.15) is 0 Å². The second-order valence-corrected chi connectivity index (χ2v) is 8.45. The normalized spacial score (nSPS) is 15.7. The highest BCUT2D eigenvalue weighted by Gasteiger charge is 2.33. The van der Waals surface area contributed by atoms with Gasteiger partial charge in [-0.05, 0) is 48.9 Å². The van der Waals surface area contributed by atoms with Crippen molar-refractivity contribution in [3.63, 3.8) is 0 Å². The third kappa shape index (κ3) is 4.96. The van der Waals surface area contributed by atoms with Crippen LogP contribution in [0.4, 0.5) is 10.3 Å². The number of anilines is 1. The van der Waals surface area contributed by atoms with Crippen LogP contribution in [-0.4, -0.2) is 41.4 Å². The molecule has 0 radical (unpaired) electrons. The standard InChI is InChI=1S/C26H29FN4O/c1-30(2)26-28-18-22(20-9-4-3-5-10-20)25(29-26)23-11-7-17-31(23)24(32)12-6-8-19-13-15-21(27)16-14-19/h3-5,9-10,13-16,18,23H,6-8,11-12,17H2,1-2H3. The first-order valence-electron chi connectivity index (χ1n) is 11.2. The first-order chi connectivity index (χ1) is 15.5. The molecule has 0 bridgehead atoms. The third-order valence-corrected chi connectivity index (χ3v) is 5.95. The average molecular weight is 433 g/mol. The van der Waals surface area contributed by atoms with Crippen molar-refractivity contribution in [2.75, 3.05) is 25.5 Å². The highest BCUT2D eigenvalue weighted by Crippen LogP contribution is 2.37. The van der Waals surface area contributed by atoms with Crippen LogP contribution >= 0.6 is 0 Å². The Morgan fingerprint density at radius 2 is 1.88 bits per heavy atom. The van der Waals surface area contributed by atoms with Crippen molar-refractivity contribution < 1.29 is 9.18 Å². The molecule has 0 saturated carbocycles. The second kappa shape index (κ2) is 9.90. The van der Waals surface area contributed by atoms with Crippen molar-refractivity contribution in [3.8, 4) is 11.1 Å². The lowest BCUT2D eigenvalue weighted by Gasteiger charge is -2.27. The Labute approximate surface area is 188 Å². The Hall–Kier alpha value is -3.28. The average Bonchev–Trinajstić information content (AvgIpc) is 3.30. The zero-order valence-corrected chi connectivity index (χ0v) is 18.7. The summed E-state index contributed by atoms with van der Waals surface area (Å²) in [6.07, 6.45) is 5.71. The van der Waals surface area contributed by atoms with Crippen LogP contribution in [0.25, 0.3) is 11.1 Å². The number of hydrogen-bond acceptors (Lipinski definition) is 4. The molecule has 6 heteroatoms. The number of amides is 1. The van der Waals surface area contributed by atoms with E-state index in [1.165, 1.54) is 12.1 Å². The second-order valence-electron chi connectivity index (χ2n) is 8.45. The maximum atomic E-state index is 13.2. The predicted octanol–water partition coefficient (Wildman–Crippen LogP) is 5.04. The van der Waals surface area contributed by atoms with E-state index >= 15 is 0 Å². The van der Waals surface area contributed by atoms with Gasteiger partial charge in [0.05, 0.1) is 11.7 Å². The van der Waals surface area contributed by atoms with Crippen LogP contribution < -0.4 is 4.90 Å². The number of aromatic nitrogens is 2. The summed E-state index contributed by atoms with van der Waals surface area (Å²) in [7, 11) is 3.85. The molecule has 2 aromatic carbocycles. The van der Waals surface area contributed by atoms with Gasteiger partial charge < -0.3 is 9.80 Å². The minimum Gasteiger partial charge on any atom is -0.347 e. The Bertz CT molecular complexity index is 1050. The molecule has 0 aliphatic carbocycles. The molecule has 1 amide bonds. The van der Waals surface area contributed by atoms with Crippen molar-refractivity contribution in [1.29, 1.82) is 0 Å². The first-order valence-corrected chi connectivity index (χ1v) is 11.2. The van der Waals surface area contributed by atoms with Gasteiger partial charge in [0.15, 0.2) is 0 Å². The zero-order valence-electron chi connectivity index (χ0n) is 18.7. The zero-order chi connectivity index (χ0) is 22.5. The fraction of sp³-hybridized carbons (Fsp3) is 0.346. The fourth-order valence-electron chi connectivity index (χ4n) is 4.28. The quantitative estimate of drug-likeness (QED) is 0.525. The Kier molecular flexibility index (Phi) is 6.78. The summed E-state index contributed by atoms with van der Waals surface area (Å²) in [6, 6.07) is 16.6. The summed E-state index contributed by atoms with van der Waals surface area (Å²) >= 11 is 0. The van der Waals surface area contributed by atoms with E-state index in [0.29, 0.717) is 12.4 Å². The van der Waals surface area contributed by atoms with Crippen molar-refractivity contribution >= 4 is 11.9 Å². The van der Waals surface area contributed by atoms with Crippen LogP contribution in [0.15, 0.2) is 60.8 Å². The first kappa shape index (κ1) is 21.9. The molecular weight excluding hydrogens is 403 g/mol. The molecule has 1 aromatic heterocycles. The lowest BCUT2D eigenvalue weighted by atomic mass is 9.99. The largest absolute Gasteiger partial charge is 0.347 e. The van der Waals surface area contributed by atoms with Crippen LogP contribution in [0.5, 0.6) is 0 Å². The summed E-state index contributed by atoms with van der Waals surface area (Å²) in [4.78, 5) is 26.4. The number of hydrogen-bond donors (Lipinski definition) is 0. The van der Waals surface area contributed by atoms with Crippen molar-refractivity contribution in [2.24, 2.45) is 0 Å². The van der Waals surface area contributed by atoms with Gasteiger partial charge in [-0.25, -0.2) is 14.4 Å². The van der Waals surface area contributed by atoms with E-state index in [4.69, 9.17) is 4.98 Å². The van der Waals surface area contributed by atoms with E-state index in [1.54, 1.807) is 12.1 Å². The molecule has 3 aromatic rings.